The third-order valence-electron chi connectivity index (χ3n) is 4.04. The van der Waals surface area contributed by atoms with Crippen LogP contribution in [0.15, 0.2) is 48.5 Å². The van der Waals surface area contributed by atoms with E-state index in [1.807, 2.05) is 6.92 Å². The van der Waals surface area contributed by atoms with E-state index in [2.05, 4.69) is 10.6 Å². The van der Waals surface area contributed by atoms with Crippen molar-refractivity contribution in [2.75, 3.05) is 20.3 Å². The van der Waals surface area contributed by atoms with Crippen molar-refractivity contribution in [3.05, 3.63) is 64.7 Å². The van der Waals surface area contributed by atoms with E-state index >= 15 is 0 Å². The summed E-state index contributed by atoms with van der Waals surface area (Å²) < 4.78 is 10.0. The molecule has 0 heterocycles. The fourth-order valence-corrected chi connectivity index (χ4v) is 2.70. The van der Waals surface area contributed by atoms with Crippen molar-refractivity contribution >= 4 is 29.4 Å². The quantitative estimate of drug-likeness (QED) is 0.611. The summed E-state index contributed by atoms with van der Waals surface area (Å²) in [7, 11) is 1.28. The minimum atomic E-state index is -0.602. The summed E-state index contributed by atoms with van der Waals surface area (Å²) in [6.45, 7) is 2.17. The van der Waals surface area contributed by atoms with Crippen LogP contribution in [0.3, 0.4) is 0 Å². The van der Waals surface area contributed by atoms with Gasteiger partial charge in [0, 0.05) is 10.6 Å². The van der Waals surface area contributed by atoms with Gasteiger partial charge in [-0.1, -0.05) is 23.7 Å². The third-order valence-corrected chi connectivity index (χ3v) is 4.30. The third kappa shape index (κ3) is 7.12. The number of hydrogen-bond acceptors (Lipinski definition) is 5. The largest absolute Gasteiger partial charge is 0.494 e. The van der Waals surface area contributed by atoms with Crippen molar-refractivity contribution in [1.82, 2.24) is 10.6 Å². The number of carbonyl (C=O) groups excluding carboxylic acids is 3. The zero-order valence-electron chi connectivity index (χ0n) is 16.2. The summed E-state index contributed by atoms with van der Waals surface area (Å²) in [4.78, 5) is 36.2. The number of benzene rings is 2. The Morgan fingerprint density at radius 1 is 1.03 bits per heavy atom. The molecule has 1 atom stereocenters. The lowest BCUT2D eigenvalue weighted by atomic mass is 10.0. The van der Waals surface area contributed by atoms with Gasteiger partial charge in [-0.3, -0.25) is 14.4 Å². The van der Waals surface area contributed by atoms with Gasteiger partial charge in [-0.25, -0.2) is 0 Å². The second kappa shape index (κ2) is 11.1. The number of esters is 1. The van der Waals surface area contributed by atoms with E-state index in [1.165, 1.54) is 7.11 Å². The van der Waals surface area contributed by atoms with Crippen molar-refractivity contribution in [2.24, 2.45) is 0 Å². The molecule has 0 saturated heterocycles. The molecule has 2 aromatic rings. The van der Waals surface area contributed by atoms with Crippen LogP contribution in [0.2, 0.25) is 5.02 Å². The Bertz CT molecular complexity index is 837. The average molecular weight is 419 g/mol. The number of hydrogen-bond donors (Lipinski definition) is 2. The topological polar surface area (TPSA) is 93.7 Å². The maximum atomic E-state index is 12.3. The Hall–Kier alpha value is -3.06. The van der Waals surface area contributed by atoms with Crippen LogP contribution in [-0.4, -0.2) is 38.0 Å². The molecule has 0 aliphatic rings. The SMILES string of the molecule is CCOc1ccc(C(=O)NCC(=O)N[C@H](CC(=O)OC)c2ccc(Cl)cc2)cc1. The van der Waals surface area contributed by atoms with Crippen molar-refractivity contribution < 1.29 is 23.9 Å². The first-order valence-corrected chi connectivity index (χ1v) is 9.43. The van der Waals surface area contributed by atoms with Crippen LogP contribution in [-0.2, 0) is 14.3 Å². The van der Waals surface area contributed by atoms with Gasteiger partial charge >= 0.3 is 5.97 Å². The molecule has 0 saturated carbocycles. The molecule has 0 spiro atoms. The average Bonchev–Trinajstić information content (AvgIpc) is 2.72. The van der Waals surface area contributed by atoms with E-state index in [4.69, 9.17) is 21.1 Å². The number of halogens is 1. The Balaban J connectivity index is 1.95. The Morgan fingerprint density at radius 2 is 1.69 bits per heavy atom. The molecule has 0 aliphatic carbocycles. The zero-order valence-corrected chi connectivity index (χ0v) is 17.0. The van der Waals surface area contributed by atoms with E-state index in [9.17, 15) is 14.4 Å². The molecule has 2 amide bonds. The molecule has 8 heteroatoms. The predicted octanol–water partition coefficient (Wildman–Crippen LogP) is 2.89. The van der Waals surface area contributed by atoms with Crippen molar-refractivity contribution in [1.29, 1.82) is 0 Å². The molecule has 0 fully saturated rings. The predicted molar refractivity (Wildman–Crippen MR) is 109 cm³/mol. The zero-order chi connectivity index (χ0) is 21.2. The van der Waals surface area contributed by atoms with Gasteiger partial charge in [0.1, 0.15) is 5.75 Å². The number of amides is 2. The van der Waals surface area contributed by atoms with Crippen molar-refractivity contribution in [3.63, 3.8) is 0 Å². The van der Waals surface area contributed by atoms with E-state index < -0.39 is 17.9 Å². The van der Waals surface area contributed by atoms with Gasteiger partial charge in [0.25, 0.3) is 5.91 Å². The highest BCUT2D eigenvalue weighted by molar-refractivity contribution is 6.30. The number of rotatable bonds is 9. The standard InChI is InChI=1S/C21H23ClN2O5/c1-3-29-17-10-6-15(7-11-17)21(27)23-13-19(25)24-18(12-20(26)28-2)14-4-8-16(22)9-5-14/h4-11,18H,3,12-13H2,1-2H3,(H,23,27)(H,24,25)/t18-/m1/s1. The number of nitrogens with one attached hydrogen (secondary N) is 2. The number of ether oxygens (including phenoxy) is 2. The summed E-state index contributed by atoms with van der Waals surface area (Å²) in [5.74, 6) is -0.633. The number of methoxy groups -OCH3 is 1. The van der Waals surface area contributed by atoms with Crippen LogP contribution in [0.1, 0.15) is 35.3 Å². The first-order chi connectivity index (χ1) is 13.9. The smallest absolute Gasteiger partial charge is 0.307 e. The summed E-state index contributed by atoms with van der Waals surface area (Å²) in [5.41, 5.74) is 1.11. The molecular weight excluding hydrogens is 396 g/mol. The van der Waals surface area contributed by atoms with Crippen LogP contribution >= 0.6 is 11.6 Å². The highest BCUT2D eigenvalue weighted by atomic mass is 35.5. The minimum Gasteiger partial charge on any atom is -0.494 e. The Kier molecular flexibility index (Phi) is 8.48. The Morgan fingerprint density at radius 3 is 2.28 bits per heavy atom. The lowest BCUT2D eigenvalue weighted by molar-refractivity contribution is -0.141. The van der Waals surface area contributed by atoms with Gasteiger partial charge in [-0.15, -0.1) is 0 Å². The highest BCUT2D eigenvalue weighted by Gasteiger charge is 2.19. The van der Waals surface area contributed by atoms with E-state index in [1.54, 1.807) is 48.5 Å². The summed E-state index contributed by atoms with van der Waals surface area (Å²) >= 11 is 5.89. The van der Waals surface area contributed by atoms with Gasteiger partial charge in [0.2, 0.25) is 5.91 Å². The summed E-state index contributed by atoms with van der Waals surface area (Å²) in [5, 5.41) is 5.83. The molecule has 0 radical (unpaired) electrons. The molecule has 0 aliphatic heterocycles. The van der Waals surface area contributed by atoms with Crippen LogP contribution in [0.4, 0.5) is 0 Å². The molecule has 29 heavy (non-hydrogen) atoms. The maximum absolute atomic E-state index is 12.3. The molecule has 2 N–H and O–H groups in total. The summed E-state index contributed by atoms with van der Waals surface area (Å²) in [6.07, 6.45) is -0.0449. The molecular formula is C21H23ClN2O5. The number of carbonyl (C=O) groups is 3. The lowest BCUT2D eigenvalue weighted by Gasteiger charge is -2.18. The van der Waals surface area contributed by atoms with Crippen LogP contribution in [0.5, 0.6) is 5.75 Å². The monoisotopic (exact) mass is 418 g/mol. The van der Waals surface area contributed by atoms with Gasteiger partial charge in [0.05, 0.1) is 32.7 Å². The fraction of sp³-hybridized carbons (Fsp3) is 0.286. The molecule has 2 aromatic carbocycles. The molecule has 154 valence electrons. The maximum Gasteiger partial charge on any atom is 0.307 e. The molecule has 7 nitrogen and oxygen atoms in total. The second-order valence-corrected chi connectivity index (χ2v) is 6.53. The lowest BCUT2D eigenvalue weighted by Crippen LogP contribution is -2.39. The molecule has 0 unspecified atom stereocenters. The van der Waals surface area contributed by atoms with E-state index in [0.717, 1.165) is 0 Å². The second-order valence-electron chi connectivity index (χ2n) is 6.09. The molecule has 0 aromatic heterocycles. The highest BCUT2D eigenvalue weighted by Crippen LogP contribution is 2.20. The normalized spacial score (nSPS) is 11.3. The Labute approximate surface area is 174 Å². The molecule has 0 bridgehead atoms. The van der Waals surface area contributed by atoms with Gasteiger partial charge in [-0.05, 0) is 48.9 Å². The van der Waals surface area contributed by atoms with Gasteiger partial charge < -0.3 is 20.1 Å². The first kappa shape index (κ1) is 22.2. The minimum absolute atomic E-state index is 0.0449. The van der Waals surface area contributed by atoms with Crippen molar-refractivity contribution in [2.45, 2.75) is 19.4 Å². The first-order valence-electron chi connectivity index (χ1n) is 9.05. The van der Waals surface area contributed by atoms with Gasteiger partial charge in [-0.2, -0.15) is 0 Å². The van der Waals surface area contributed by atoms with E-state index in [0.29, 0.717) is 28.5 Å². The fourth-order valence-electron chi connectivity index (χ4n) is 2.57. The molecule has 2 rings (SSSR count). The van der Waals surface area contributed by atoms with Gasteiger partial charge in [0.15, 0.2) is 0 Å². The van der Waals surface area contributed by atoms with E-state index in [-0.39, 0.29) is 18.9 Å². The summed E-state index contributed by atoms with van der Waals surface area (Å²) in [6, 6.07) is 12.8. The van der Waals surface area contributed by atoms with Crippen molar-refractivity contribution in [3.8, 4) is 5.75 Å². The van der Waals surface area contributed by atoms with Crippen LogP contribution in [0, 0.1) is 0 Å². The van der Waals surface area contributed by atoms with Crippen LogP contribution in [0.25, 0.3) is 0 Å². The van der Waals surface area contributed by atoms with Crippen LogP contribution < -0.4 is 15.4 Å².